The van der Waals surface area contributed by atoms with E-state index in [-0.39, 0.29) is 10.8 Å². The van der Waals surface area contributed by atoms with Gasteiger partial charge >= 0.3 is 0 Å². The van der Waals surface area contributed by atoms with Crippen LogP contribution in [0.3, 0.4) is 0 Å². The van der Waals surface area contributed by atoms with Crippen molar-refractivity contribution in [2.45, 2.75) is 58.8 Å². The number of nitrogens with one attached hydrogen (secondary N) is 1. The lowest BCUT2D eigenvalue weighted by Crippen LogP contribution is -2.18. The van der Waals surface area contributed by atoms with E-state index < -0.39 is 0 Å². The van der Waals surface area contributed by atoms with Crippen molar-refractivity contribution in [1.29, 1.82) is 0 Å². The first-order valence-electron chi connectivity index (χ1n) is 9.58. The quantitative estimate of drug-likeness (QED) is 0.409. The standard InChI is InChI=1S/C22H28N4OS2/c1-21(2,3)16-10-14(11-17(19(16)27)22(4,5)6)13-23-26-18(24-25-20(26)28)12-15-8-7-9-29-15/h7-11,13,27H,12H2,1-6H3,(H,25,28)/b23-13-. The van der Waals surface area contributed by atoms with Gasteiger partial charge in [0.2, 0.25) is 4.77 Å². The van der Waals surface area contributed by atoms with Crippen molar-refractivity contribution >= 4 is 29.8 Å². The van der Waals surface area contributed by atoms with Gasteiger partial charge in [-0.25, -0.2) is 0 Å². The Kier molecular flexibility index (Phi) is 5.83. The van der Waals surface area contributed by atoms with Gasteiger partial charge in [-0.3, -0.25) is 5.10 Å². The molecule has 5 nitrogen and oxygen atoms in total. The Morgan fingerprint density at radius 1 is 1.17 bits per heavy atom. The molecule has 0 atom stereocenters. The molecule has 2 aromatic heterocycles. The summed E-state index contributed by atoms with van der Waals surface area (Å²) in [7, 11) is 0. The number of hydrogen-bond acceptors (Lipinski definition) is 5. The van der Waals surface area contributed by atoms with E-state index in [0.717, 1.165) is 22.5 Å². The van der Waals surface area contributed by atoms with Gasteiger partial charge in [-0.1, -0.05) is 47.6 Å². The molecule has 3 rings (SSSR count). The van der Waals surface area contributed by atoms with Crippen LogP contribution in [-0.2, 0) is 17.3 Å². The molecule has 0 saturated heterocycles. The SMILES string of the molecule is CC(C)(C)c1cc(/C=N\n2c(Cc3cccs3)n[nH]c2=S)cc(C(C)(C)C)c1O. The number of aromatic nitrogens is 3. The van der Waals surface area contributed by atoms with Crippen LogP contribution in [0.25, 0.3) is 0 Å². The molecule has 0 aliphatic heterocycles. The second-order valence-electron chi connectivity index (χ2n) is 9.22. The van der Waals surface area contributed by atoms with E-state index in [2.05, 4.69) is 62.9 Å². The van der Waals surface area contributed by atoms with Gasteiger partial charge in [0.1, 0.15) is 5.75 Å². The molecule has 154 valence electrons. The van der Waals surface area contributed by atoms with Crippen LogP contribution in [0, 0.1) is 4.77 Å². The van der Waals surface area contributed by atoms with Gasteiger partial charge in [-0.2, -0.15) is 14.9 Å². The smallest absolute Gasteiger partial charge is 0.216 e. The zero-order chi connectivity index (χ0) is 21.4. The van der Waals surface area contributed by atoms with E-state index in [1.807, 2.05) is 23.6 Å². The molecule has 0 unspecified atom stereocenters. The molecule has 29 heavy (non-hydrogen) atoms. The summed E-state index contributed by atoms with van der Waals surface area (Å²) in [4.78, 5) is 1.20. The normalized spacial score (nSPS) is 12.8. The summed E-state index contributed by atoms with van der Waals surface area (Å²) in [5.74, 6) is 1.13. The number of thiophene rings is 1. The molecule has 2 heterocycles. The Bertz CT molecular complexity index is 1040. The fourth-order valence-corrected chi connectivity index (χ4v) is 4.03. The van der Waals surface area contributed by atoms with E-state index in [9.17, 15) is 5.11 Å². The Labute approximate surface area is 181 Å². The van der Waals surface area contributed by atoms with Crippen molar-refractivity contribution < 1.29 is 5.11 Å². The number of phenols is 1. The van der Waals surface area contributed by atoms with Crippen molar-refractivity contribution in [2.75, 3.05) is 0 Å². The van der Waals surface area contributed by atoms with Crippen LogP contribution in [0.1, 0.15) is 68.9 Å². The molecular weight excluding hydrogens is 400 g/mol. The van der Waals surface area contributed by atoms with Crippen molar-refractivity contribution in [3.8, 4) is 5.75 Å². The fraction of sp³-hybridized carbons (Fsp3) is 0.409. The van der Waals surface area contributed by atoms with Crippen molar-refractivity contribution in [3.63, 3.8) is 0 Å². The molecule has 0 bridgehead atoms. The third kappa shape index (κ3) is 4.85. The summed E-state index contributed by atoms with van der Waals surface area (Å²) in [6.45, 7) is 12.6. The molecule has 0 spiro atoms. The monoisotopic (exact) mass is 428 g/mol. The first-order valence-corrected chi connectivity index (χ1v) is 10.9. The molecule has 7 heteroatoms. The van der Waals surface area contributed by atoms with Crippen molar-refractivity contribution in [2.24, 2.45) is 5.10 Å². The minimum atomic E-state index is -0.190. The highest BCUT2D eigenvalue weighted by molar-refractivity contribution is 7.71. The average molecular weight is 429 g/mol. The predicted octanol–water partition coefficient (Wildman–Crippen LogP) is 5.78. The molecule has 0 saturated carbocycles. The molecule has 3 aromatic rings. The van der Waals surface area contributed by atoms with Gasteiger partial charge in [0.05, 0.1) is 6.21 Å². The van der Waals surface area contributed by atoms with Crippen LogP contribution in [0.5, 0.6) is 5.75 Å². The van der Waals surface area contributed by atoms with E-state index in [1.54, 1.807) is 22.2 Å². The van der Waals surface area contributed by atoms with Crippen LogP contribution >= 0.6 is 23.6 Å². The van der Waals surface area contributed by atoms with Gasteiger partial charge in [-0.05, 0) is 52.2 Å². The summed E-state index contributed by atoms with van der Waals surface area (Å²) in [6.07, 6.45) is 2.45. The Hall–Kier alpha value is -2.25. The molecular formula is C22H28N4OS2. The highest BCUT2D eigenvalue weighted by atomic mass is 32.1. The molecule has 0 fully saturated rings. The van der Waals surface area contributed by atoms with E-state index in [0.29, 0.717) is 16.9 Å². The van der Waals surface area contributed by atoms with Crippen LogP contribution < -0.4 is 0 Å². The number of H-pyrrole nitrogens is 1. The average Bonchev–Trinajstić information content (AvgIpc) is 3.23. The first-order chi connectivity index (χ1) is 13.5. The van der Waals surface area contributed by atoms with Gasteiger partial charge in [-0.15, -0.1) is 11.3 Å². The molecule has 1 aromatic carbocycles. The summed E-state index contributed by atoms with van der Waals surface area (Å²) < 4.78 is 2.12. The highest BCUT2D eigenvalue weighted by Crippen LogP contribution is 2.39. The maximum Gasteiger partial charge on any atom is 0.216 e. The van der Waals surface area contributed by atoms with Gasteiger partial charge in [0.15, 0.2) is 5.82 Å². The van der Waals surface area contributed by atoms with Crippen LogP contribution in [0.2, 0.25) is 0 Å². The van der Waals surface area contributed by atoms with Gasteiger partial charge in [0.25, 0.3) is 0 Å². The number of hydrogen-bond donors (Lipinski definition) is 2. The van der Waals surface area contributed by atoms with Gasteiger partial charge in [0, 0.05) is 22.4 Å². The number of benzene rings is 1. The van der Waals surface area contributed by atoms with Crippen molar-refractivity contribution in [3.05, 3.63) is 61.8 Å². The summed E-state index contributed by atoms with van der Waals surface area (Å²) in [6, 6.07) is 8.09. The maximum atomic E-state index is 10.9. The summed E-state index contributed by atoms with van der Waals surface area (Å²) in [5.41, 5.74) is 2.35. The second kappa shape index (κ2) is 7.88. The predicted molar refractivity (Wildman–Crippen MR) is 123 cm³/mol. The first kappa shape index (κ1) is 21.5. The lowest BCUT2D eigenvalue weighted by atomic mass is 9.78. The number of aromatic hydroxyl groups is 1. The fourth-order valence-electron chi connectivity index (χ4n) is 3.13. The maximum absolute atomic E-state index is 10.9. The number of aromatic amines is 1. The van der Waals surface area contributed by atoms with Gasteiger partial charge < -0.3 is 5.11 Å². The lowest BCUT2D eigenvalue weighted by Gasteiger charge is -2.27. The van der Waals surface area contributed by atoms with Crippen LogP contribution in [0.4, 0.5) is 0 Å². The number of nitrogens with zero attached hydrogens (tertiary/aromatic N) is 3. The Balaban J connectivity index is 2.04. The molecule has 2 N–H and O–H groups in total. The van der Waals surface area contributed by atoms with Crippen LogP contribution in [0.15, 0.2) is 34.7 Å². The second-order valence-corrected chi connectivity index (χ2v) is 10.6. The molecule has 0 aliphatic rings. The zero-order valence-corrected chi connectivity index (χ0v) is 19.4. The zero-order valence-electron chi connectivity index (χ0n) is 17.8. The lowest BCUT2D eigenvalue weighted by molar-refractivity contribution is 0.423. The van der Waals surface area contributed by atoms with E-state index in [4.69, 9.17) is 12.2 Å². The Morgan fingerprint density at radius 3 is 2.31 bits per heavy atom. The van der Waals surface area contributed by atoms with E-state index >= 15 is 0 Å². The van der Waals surface area contributed by atoms with Crippen molar-refractivity contribution in [1.82, 2.24) is 14.9 Å². The topological polar surface area (TPSA) is 66.2 Å². The van der Waals surface area contributed by atoms with E-state index in [1.165, 1.54) is 4.88 Å². The number of rotatable bonds is 4. The van der Waals surface area contributed by atoms with Crippen LogP contribution in [-0.4, -0.2) is 26.2 Å². The third-order valence-electron chi connectivity index (χ3n) is 4.70. The molecule has 0 amide bonds. The largest absolute Gasteiger partial charge is 0.507 e. The minimum Gasteiger partial charge on any atom is -0.507 e. The minimum absolute atomic E-state index is 0.190. The number of phenolic OH excluding ortho intramolecular Hbond substituents is 1. The molecule has 0 aliphatic carbocycles. The molecule has 0 radical (unpaired) electrons. The Morgan fingerprint density at radius 2 is 1.79 bits per heavy atom. The summed E-state index contributed by atoms with van der Waals surface area (Å²) in [5, 5.41) is 24.7. The summed E-state index contributed by atoms with van der Waals surface area (Å²) >= 11 is 7.05. The third-order valence-corrected chi connectivity index (χ3v) is 5.84. The highest BCUT2D eigenvalue weighted by Gasteiger charge is 2.26.